The number of methoxy groups -OCH3 is 1. The highest BCUT2D eigenvalue weighted by Gasteiger charge is 2.29. The number of carbonyl (C=O) groups is 1. The van der Waals surface area contributed by atoms with E-state index >= 15 is 0 Å². The summed E-state index contributed by atoms with van der Waals surface area (Å²) in [6.45, 7) is 5.99. The van der Waals surface area contributed by atoms with Gasteiger partial charge in [0.15, 0.2) is 0 Å². The molecule has 1 aromatic carbocycles. The topological polar surface area (TPSA) is 75.7 Å². The lowest BCUT2D eigenvalue weighted by molar-refractivity contribution is -0.122. The summed E-state index contributed by atoms with van der Waals surface area (Å²) in [7, 11) is -2.05. The molecule has 0 aliphatic heterocycles. The van der Waals surface area contributed by atoms with Crippen molar-refractivity contribution in [3.8, 4) is 0 Å². The van der Waals surface area contributed by atoms with E-state index in [1.807, 2.05) is 26.0 Å². The van der Waals surface area contributed by atoms with Crippen molar-refractivity contribution in [3.63, 3.8) is 0 Å². The van der Waals surface area contributed by atoms with Gasteiger partial charge in [0.2, 0.25) is 15.9 Å². The first-order chi connectivity index (χ1) is 10.2. The second kappa shape index (κ2) is 7.60. The maximum Gasteiger partial charge on any atom is 0.243 e. The molecule has 0 fully saturated rings. The van der Waals surface area contributed by atoms with Gasteiger partial charge in [-0.2, -0.15) is 0 Å². The monoisotopic (exact) mass is 328 g/mol. The van der Waals surface area contributed by atoms with E-state index < -0.39 is 16.1 Å². The van der Waals surface area contributed by atoms with Gasteiger partial charge in [0.25, 0.3) is 0 Å². The Kier molecular flexibility index (Phi) is 6.37. The summed E-state index contributed by atoms with van der Waals surface area (Å²) in [5, 5.41) is 2.67. The summed E-state index contributed by atoms with van der Waals surface area (Å²) >= 11 is 0. The van der Waals surface area contributed by atoms with Gasteiger partial charge >= 0.3 is 0 Å². The Hall–Kier alpha value is -1.60. The van der Waals surface area contributed by atoms with Crippen LogP contribution >= 0.6 is 0 Å². The lowest BCUT2D eigenvalue weighted by Gasteiger charge is -2.29. The zero-order valence-corrected chi connectivity index (χ0v) is 14.5. The second-order valence-corrected chi connectivity index (χ2v) is 7.17. The van der Waals surface area contributed by atoms with Crippen molar-refractivity contribution in [2.45, 2.75) is 26.8 Å². The molecule has 0 saturated carbocycles. The number of anilines is 1. The van der Waals surface area contributed by atoms with Crippen LogP contribution in [0.4, 0.5) is 5.69 Å². The molecule has 1 rings (SSSR count). The smallest absolute Gasteiger partial charge is 0.243 e. The van der Waals surface area contributed by atoms with Crippen LogP contribution in [0.2, 0.25) is 0 Å². The molecule has 7 heteroatoms. The number of nitrogens with zero attached hydrogens (tertiary/aromatic N) is 1. The summed E-state index contributed by atoms with van der Waals surface area (Å²) in [5.74, 6) is -0.358. The molecule has 0 radical (unpaired) electrons. The molecule has 124 valence electrons. The van der Waals surface area contributed by atoms with E-state index in [9.17, 15) is 13.2 Å². The molecule has 0 aliphatic carbocycles. The molecule has 1 aromatic rings. The molecular weight excluding hydrogens is 304 g/mol. The minimum absolute atomic E-state index is 0.337. The Labute approximate surface area is 132 Å². The second-order valence-electron chi connectivity index (χ2n) is 5.31. The first-order valence-corrected chi connectivity index (χ1v) is 8.86. The zero-order chi connectivity index (χ0) is 16.9. The molecule has 0 heterocycles. The van der Waals surface area contributed by atoms with Gasteiger partial charge < -0.3 is 10.1 Å². The van der Waals surface area contributed by atoms with Crippen molar-refractivity contribution in [2.24, 2.45) is 0 Å². The van der Waals surface area contributed by atoms with Gasteiger partial charge in [-0.3, -0.25) is 9.10 Å². The van der Waals surface area contributed by atoms with Crippen molar-refractivity contribution >= 4 is 21.6 Å². The third kappa shape index (κ3) is 4.71. The van der Waals surface area contributed by atoms with Crippen LogP contribution in [-0.2, 0) is 19.6 Å². The SMILES string of the molecule is COCCNC(=O)[C@@H](C)N(c1cc(C)ccc1C)S(C)(=O)=O. The highest BCUT2D eigenvalue weighted by molar-refractivity contribution is 7.92. The summed E-state index contributed by atoms with van der Waals surface area (Å²) in [4.78, 5) is 12.2. The third-order valence-corrected chi connectivity index (χ3v) is 4.52. The molecule has 1 atom stereocenters. The van der Waals surface area contributed by atoms with Gasteiger partial charge in [-0.05, 0) is 38.0 Å². The molecule has 0 aliphatic rings. The maximum atomic E-state index is 12.2. The van der Waals surface area contributed by atoms with Gasteiger partial charge in [0.05, 0.1) is 18.6 Å². The van der Waals surface area contributed by atoms with E-state index in [1.165, 1.54) is 7.11 Å². The molecule has 0 unspecified atom stereocenters. The summed E-state index contributed by atoms with van der Waals surface area (Å²) in [6, 6.07) is 4.68. The zero-order valence-electron chi connectivity index (χ0n) is 13.7. The van der Waals surface area contributed by atoms with E-state index in [0.717, 1.165) is 21.7 Å². The first kappa shape index (κ1) is 18.4. The molecule has 6 nitrogen and oxygen atoms in total. The van der Waals surface area contributed by atoms with Crippen molar-refractivity contribution in [3.05, 3.63) is 29.3 Å². The minimum atomic E-state index is -3.59. The number of rotatable bonds is 7. The van der Waals surface area contributed by atoms with Crippen molar-refractivity contribution in [1.29, 1.82) is 0 Å². The largest absolute Gasteiger partial charge is 0.383 e. The highest BCUT2D eigenvalue weighted by Crippen LogP contribution is 2.26. The van der Waals surface area contributed by atoms with Crippen LogP contribution < -0.4 is 9.62 Å². The number of nitrogens with one attached hydrogen (secondary N) is 1. The Balaban J connectivity index is 3.14. The van der Waals surface area contributed by atoms with Crippen LogP contribution in [0.5, 0.6) is 0 Å². The van der Waals surface area contributed by atoms with Crippen molar-refractivity contribution in [2.75, 3.05) is 30.8 Å². The predicted molar refractivity (Wildman–Crippen MR) is 87.6 cm³/mol. The summed E-state index contributed by atoms with van der Waals surface area (Å²) in [5.41, 5.74) is 2.26. The molecule has 0 aromatic heterocycles. The minimum Gasteiger partial charge on any atom is -0.383 e. The molecule has 1 N–H and O–H groups in total. The van der Waals surface area contributed by atoms with E-state index in [-0.39, 0.29) is 5.91 Å². The number of sulfonamides is 1. The van der Waals surface area contributed by atoms with Crippen LogP contribution in [0.25, 0.3) is 0 Å². The number of hydrogen-bond donors (Lipinski definition) is 1. The van der Waals surface area contributed by atoms with Crippen molar-refractivity contribution < 1.29 is 17.9 Å². The average Bonchev–Trinajstić information content (AvgIpc) is 2.41. The normalized spacial score (nSPS) is 12.8. The molecule has 22 heavy (non-hydrogen) atoms. The number of ether oxygens (including phenoxy) is 1. The molecular formula is C15H24N2O4S. The highest BCUT2D eigenvalue weighted by atomic mass is 32.2. The third-order valence-electron chi connectivity index (χ3n) is 3.30. The van der Waals surface area contributed by atoms with E-state index in [1.54, 1.807) is 13.0 Å². The Bertz CT molecular complexity index is 628. The predicted octanol–water partition coefficient (Wildman–Crippen LogP) is 1.22. The Morgan fingerprint density at radius 1 is 1.36 bits per heavy atom. The van der Waals surface area contributed by atoms with Gasteiger partial charge in [-0.1, -0.05) is 12.1 Å². The van der Waals surface area contributed by atoms with E-state index in [4.69, 9.17) is 4.74 Å². The number of carbonyl (C=O) groups excluding carboxylic acids is 1. The summed E-state index contributed by atoms with van der Waals surface area (Å²) in [6.07, 6.45) is 1.10. The summed E-state index contributed by atoms with van der Waals surface area (Å²) < 4.78 is 30.4. The fourth-order valence-corrected chi connectivity index (χ4v) is 3.39. The van der Waals surface area contributed by atoms with Crippen LogP contribution in [0.3, 0.4) is 0 Å². The van der Waals surface area contributed by atoms with Crippen molar-refractivity contribution in [1.82, 2.24) is 5.32 Å². The van der Waals surface area contributed by atoms with E-state index in [0.29, 0.717) is 18.8 Å². The van der Waals surface area contributed by atoms with Crippen LogP contribution in [0, 0.1) is 13.8 Å². The van der Waals surface area contributed by atoms with Gasteiger partial charge in [0, 0.05) is 13.7 Å². The first-order valence-electron chi connectivity index (χ1n) is 7.01. The number of amides is 1. The Morgan fingerprint density at radius 3 is 2.55 bits per heavy atom. The molecule has 0 saturated heterocycles. The van der Waals surface area contributed by atoms with Gasteiger partial charge in [-0.15, -0.1) is 0 Å². The number of hydrogen-bond acceptors (Lipinski definition) is 4. The lowest BCUT2D eigenvalue weighted by Crippen LogP contribution is -2.48. The van der Waals surface area contributed by atoms with Crippen LogP contribution in [-0.4, -0.2) is 46.9 Å². The average molecular weight is 328 g/mol. The van der Waals surface area contributed by atoms with Crippen LogP contribution in [0.1, 0.15) is 18.1 Å². The lowest BCUT2D eigenvalue weighted by atomic mass is 10.1. The fourth-order valence-electron chi connectivity index (χ4n) is 2.16. The van der Waals surface area contributed by atoms with Crippen LogP contribution in [0.15, 0.2) is 18.2 Å². The van der Waals surface area contributed by atoms with Gasteiger partial charge in [-0.25, -0.2) is 8.42 Å². The Morgan fingerprint density at radius 2 is 2.00 bits per heavy atom. The number of benzene rings is 1. The number of aryl methyl sites for hydroxylation is 2. The van der Waals surface area contributed by atoms with Gasteiger partial charge in [0.1, 0.15) is 6.04 Å². The fraction of sp³-hybridized carbons (Fsp3) is 0.533. The quantitative estimate of drug-likeness (QED) is 0.764. The molecule has 0 bridgehead atoms. The molecule has 1 amide bonds. The van der Waals surface area contributed by atoms with E-state index in [2.05, 4.69) is 5.32 Å². The maximum absolute atomic E-state index is 12.2. The standard InChI is InChI=1S/C15H24N2O4S/c1-11-6-7-12(2)14(10-11)17(22(5,19)20)13(3)15(18)16-8-9-21-4/h6-7,10,13H,8-9H2,1-5H3,(H,16,18)/t13-/m1/s1. The molecule has 0 spiro atoms.